The van der Waals surface area contributed by atoms with Gasteiger partial charge in [-0.25, -0.2) is 0 Å². The Morgan fingerprint density at radius 3 is 2.96 bits per heavy atom. The molecule has 124 valence electrons. The van der Waals surface area contributed by atoms with Crippen LogP contribution in [0, 0.1) is 11.8 Å². The standard InChI is InChI=1S/C17H22ClN3O2/c1-11-10-19-7-5-15(11)20-16(22)14-6-8-21(17(14)23)13-4-2-3-12(18)9-13/h2-4,9,11,14-15,19H,5-8,10H2,1H3,(H,20,22). The fourth-order valence-corrected chi connectivity index (χ4v) is 3.52. The molecule has 2 aliphatic heterocycles. The van der Waals surface area contributed by atoms with Gasteiger partial charge in [0.25, 0.3) is 0 Å². The van der Waals surface area contributed by atoms with Crippen LogP contribution >= 0.6 is 11.6 Å². The van der Waals surface area contributed by atoms with Gasteiger partial charge in [0, 0.05) is 23.3 Å². The topological polar surface area (TPSA) is 61.4 Å². The summed E-state index contributed by atoms with van der Waals surface area (Å²) in [4.78, 5) is 26.8. The highest BCUT2D eigenvalue weighted by Crippen LogP contribution is 2.27. The summed E-state index contributed by atoms with van der Waals surface area (Å²) in [5.74, 6) is -0.478. The van der Waals surface area contributed by atoms with Crippen LogP contribution in [0.3, 0.4) is 0 Å². The van der Waals surface area contributed by atoms with E-state index in [1.807, 2.05) is 12.1 Å². The highest BCUT2D eigenvalue weighted by molar-refractivity contribution is 6.31. The monoisotopic (exact) mass is 335 g/mol. The predicted octanol–water partition coefficient (Wildman–Crippen LogP) is 1.81. The number of rotatable bonds is 3. The minimum atomic E-state index is -0.587. The molecule has 2 amide bonds. The minimum Gasteiger partial charge on any atom is -0.352 e. The first-order valence-electron chi connectivity index (χ1n) is 8.14. The molecule has 5 nitrogen and oxygen atoms in total. The molecule has 2 heterocycles. The molecule has 0 aliphatic carbocycles. The Balaban J connectivity index is 1.65. The van der Waals surface area contributed by atoms with Crippen molar-refractivity contribution in [1.82, 2.24) is 10.6 Å². The van der Waals surface area contributed by atoms with Gasteiger partial charge in [0.05, 0.1) is 0 Å². The summed E-state index contributed by atoms with van der Waals surface area (Å²) < 4.78 is 0. The molecule has 0 radical (unpaired) electrons. The van der Waals surface area contributed by atoms with E-state index in [4.69, 9.17) is 11.6 Å². The third-order valence-corrected chi connectivity index (χ3v) is 4.99. The summed E-state index contributed by atoms with van der Waals surface area (Å²) in [5.41, 5.74) is 0.757. The van der Waals surface area contributed by atoms with Gasteiger partial charge in [0.1, 0.15) is 5.92 Å². The molecular weight excluding hydrogens is 314 g/mol. The number of amides is 2. The summed E-state index contributed by atoms with van der Waals surface area (Å²) in [6, 6.07) is 7.34. The summed E-state index contributed by atoms with van der Waals surface area (Å²) in [7, 11) is 0. The fourth-order valence-electron chi connectivity index (χ4n) is 3.34. The summed E-state index contributed by atoms with van der Waals surface area (Å²) >= 11 is 5.99. The first-order valence-corrected chi connectivity index (χ1v) is 8.52. The quantitative estimate of drug-likeness (QED) is 0.828. The molecule has 2 aliphatic rings. The second-order valence-electron chi connectivity index (χ2n) is 6.40. The first-order chi connectivity index (χ1) is 11.1. The van der Waals surface area contributed by atoms with Gasteiger partial charge in [0.15, 0.2) is 0 Å². The molecule has 0 bridgehead atoms. The van der Waals surface area contributed by atoms with Gasteiger partial charge in [-0.15, -0.1) is 0 Å². The van der Waals surface area contributed by atoms with Crippen molar-refractivity contribution >= 4 is 29.1 Å². The fraction of sp³-hybridized carbons (Fsp3) is 0.529. The number of halogens is 1. The minimum absolute atomic E-state index is 0.133. The lowest BCUT2D eigenvalue weighted by atomic mass is 9.94. The van der Waals surface area contributed by atoms with Gasteiger partial charge >= 0.3 is 0 Å². The molecule has 1 aromatic carbocycles. The molecule has 1 aromatic rings. The third kappa shape index (κ3) is 3.51. The van der Waals surface area contributed by atoms with Gasteiger partial charge in [-0.1, -0.05) is 24.6 Å². The second-order valence-corrected chi connectivity index (χ2v) is 6.83. The number of benzene rings is 1. The Bertz CT molecular complexity index is 607. The highest BCUT2D eigenvalue weighted by Gasteiger charge is 2.38. The van der Waals surface area contributed by atoms with Crippen LogP contribution in [0.5, 0.6) is 0 Å². The zero-order chi connectivity index (χ0) is 16.4. The maximum atomic E-state index is 12.6. The Labute approximate surface area is 141 Å². The average molecular weight is 336 g/mol. The lowest BCUT2D eigenvalue weighted by molar-refractivity contribution is -0.132. The molecule has 23 heavy (non-hydrogen) atoms. The van der Waals surface area contributed by atoms with E-state index in [1.165, 1.54) is 0 Å². The van der Waals surface area contributed by atoms with E-state index >= 15 is 0 Å². The molecule has 6 heteroatoms. The molecule has 2 N–H and O–H groups in total. The second kappa shape index (κ2) is 6.89. The number of anilines is 1. The molecule has 3 rings (SSSR count). The van der Waals surface area contributed by atoms with E-state index in [2.05, 4.69) is 17.6 Å². The van der Waals surface area contributed by atoms with E-state index < -0.39 is 5.92 Å². The van der Waals surface area contributed by atoms with Crippen molar-refractivity contribution in [3.05, 3.63) is 29.3 Å². The lowest BCUT2D eigenvalue weighted by Crippen LogP contribution is -2.50. The number of nitrogens with zero attached hydrogens (tertiary/aromatic N) is 1. The number of piperidine rings is 1. The van der Waals surface area contributed by atoms with E-state index in [0.717, 1.165) is 25.2 Å². The summed E-state index contributed by atoms with van der Waals surface area (Å²) in [6.07, 6.45) is 1.46. The highest BCUT2D eigenvalue weighted by atomic mass is 35.5. The van der Waals surface area contributed by atoms with Gasteiger partial charge in [-0.2, -0.15) is 0 Å². The van der Waals surface area contributed by atoms with Crippen LogP contribution in [0.1, 0.15) is 19.8 Å². The SMILES string of the molecule is CC1CNCCC1NC(=O)C1CCN(c2cccc(Cl)c2)C1=O. The average Bonchev–Trinajstić information content (AvgIpc) is 2.91. The number of hydrogen-bond donors (Lipinski definition) is 2. The van der Waals surface area contributed by atoms with E-state index in [1.54, 1.807) is 17.0 Å². The number of hydrogen-bond acceptors (Lipinski definition) is 3. The molecule has 0 aromatic heterocycles. The lowest BCUT2D eigenvalue weighted by Gasteiger charge is -2.30. The maximum absolute atomic E-state index is 12.6. The van der Waals surface area contributed by atoms with Crippen molar-refractivity contribution in [1.29, 1.82) is 0 Å². The number of nitrogens with one attached hydrogen (secondary N) is 2. The van der Waals surface area contributed by atoms with Crippen LogP contribution < -0.4 is 15.5 Å². The van der Waals surface area contributed by atoms with Crippen LogP contribution in [0.25, 0.3) is 0 Å². The Morgan fingerprint density at radius 2 is 2.22 bits per heavy atom. The van der Waals surface area contributed by atoms with Crippen LogP contribution in [0.15, 0.2) is 24.3 Å². The van der Waals surface area contributed by atoms with Gasteiger partial charge < -0.3 is 15.5 Å². The molecule has 2 fully saturated rings. The van der Waals surface area contributed by atoms with Crippen LogP contribution in [0.4, 0.5) is 5.69 Å². The van der Waals surface area contributed by atoms with E-state index in [0.29, 0.717) is 23.9 Å². The zero-order valence-electron chi connectivity index (χ0n) is 13.2. The summed E-state index contributed by atoms with van der Waals surface area (Å²) in [5, 5.41) is 6.97. The number of carbonyl (C=O) groups excluding carboxylic acids is 2. The van der Waals surface area contributed by atoms with Gasteiger partial charge in [0.2, 0.25) is 11.8 Å². The van der Waals surface area contributed by atoms with Crippen molar-refractivity contribution in [2.75, 3.05) is 24.5 Å². The van der Waals surface area contributed by atoms with Crippen LogP contribution in [-0.4, -0.2) is 37.5 Å². The van der Waals surface area contributed by atoms with E-state index in [9.17, 15) is 9.59 Å². The number of carbonyl (C=O) groups is 2. The smallest absolute Gasteiger partial charge is 0.239 e. The van der Waals surface area contributed by atoms with Crippen LogP contribution in [-0.2, 0) is 9.59 Å². The van der Waals surface area contributed by atoms with Crippen LogP contribution in [0.2, 0.25) is 5.02 Å². The maximum Gasteiger partial charge on any atom is 0.239 e. The zero-order valence-corrected chi connectivity index (χ0v) is 14.0. The molecule has 0 saturated carbocycles. The first kappa shape index (κ1) is 16.3. The Hall–Kier alpha value is -1.59. The Morgan fingerprint density at radius 1 is 1.39 bits per heavy atom. The largest absolute Gasteiger partial charge is 0.352 e. The molecule has 3 unspecified atom stereocenters. The van der Waals surface area contributed by atoms with Gasteiger partial charge in [-0.3, -0.25) is 9.59 Å². The Kier molecular flexibility index (Phi) is 4.87. The van der Waals surface area contributed by atoms with Crippen molar-refractivity contribution in [2.45, 2.75) is 25.8 Å². The van der Waals surface area contributed by atoms with Crippen molar-refractivity contribution in [2.24, 2.45) is 11.8 Å². The third-order valence-electron chi connectivity index (χ3n) is 4.75. The van der Waals surface area contributed by atoms with Crippen molar-refractivity contribution < 1.29 is 9.59 Å². The molecular formula is C17H22ClN3O2. The van der Waals surface area contributed by atoms with Crippen molar-refractivity contribution in [3.8, 4) is 0 Å². The predicted molar refractivity (Wildman–Crippen MR) is 90.5 cm³/mol. The van der Waals surface area contributed by atoms with Crippen molar-refractivity contribution in [3.63, 3.8) is 0 Å². The van der Waals surface area contributed by atoms with Gasteiger partial charge in [-0.05, 0) is 50.0 Å². The summed E-state index contributed by atoms with van der Waals surface area (Å²) in [6.45, 7) is 4.48. The molecule has 0 spiro atoms. The van der Waals surface area contributed by atoms with E-state index in [-0.39, 0.29) is 17.9 Å². The molecule has 2 saturated heterocycles. The normalized spacial score (nSPS) is 28.0. The molecule has 3 atom stereocenters.